The number of aryl methyl sites for hydroxylation is 1. The molecule has 0 amide bonds. The molecule has 7 heteroatoms. The molecule has 3 aromatic rings. The van der Waals surface area contributed by atoms with E-state index in [1.165, 1.54) is 6.92 Å². The first-order valence-corrected chi connectivity index (χ1v) is 10.2. The lowest BCUT2D eigenvalue weighted by Crippen LogP contribution is -2.31. The van der Waals surface area contributed by atoms with Crippen molar-refractivity contribution >= 4 is 22.4 Å². The first-order chi connectivity index (χ1) is 14.7. The molecule has 31 heavy (non-hydrogen) atoms. The van der Waals surface area contributed by atoms with E-state index >= 15 is 0 Å². The Morgan fingerprint density at radius 2 is 1.84 bits per heavy atom. The number of rotatable bonds is 4. The second-order valence-electron chi connectivity index (χ2n) is 8.19. The average molecular weight is 427 g/mol. The van der Waals surface area contributed by atoms with E-state index in [9.17, 15) is 18.0 Å². The summed E-state index contributed by atoms with van der Waals surface area (Å²) in [6.07, 6.45) is -3.96. The van der Waals surface area contributed by atoms with Gasteiger partial charge in [0.05, 0.1) is 11.1 Å². The largest absolute Gasteiger partial charge is 0.454 e. The van der Waals surface area contributed by atoms with Gasteiger partial charge in [0, 0.05) is 41.5 Å². The van der Waals surface area contributed by atoms with Gasteiger partial charge in [0.25, 0.3) is 5.78 Å². The number of halogens is 3. The number of hydrogen-bond acceptors (Lipinski definition) is 4. The molecule has 1 atom stereocenters. The van der Waals surface area contributed by atoms with Crippen LogP contribution in [0.5, 0.6) is 0 Å². The summed E-state index contributed by atoms with van der Waals surface area (Å²) in [6.45, 7) is 3.16. The molecule has 0 spiro atoms. The zero-order valence-electron chi connectivity index (χ0n) is 17.7. The monoisotopic (exact) mass is 427 g/mol. The quantitative estimate of drug-likeness (QED) is 0.543. The van der Waals surface area contributed by atoms with Crippen molar-refractivity contribution in [3.63, 3.8) is 0 Å². The summed E-state index contributed by atoms with van der Waals surface area (Å²) in [5.74, 6) is -1.86. The van der Waals surface area contributed by atoms with Crippen molar-refractivity contribution in [3.8, 4) is 11.1 Å². The zero-order valence-corrected chi connectivity index (χ0v) is 17.7. The molecular weight excluding hydrogens is 403 g/mol. The number of fused-ring (bicyclic) bond motifs is 1. The fraction of sp³-hybridized carbons (Fsp3) is 0.333. The Morgan fingerprint density at radius 3 is 2.45 bits per heavy atom. The van der Waals surface area contributed by atoms with Crippen molar-refractivity contribution in [3.05, 3.63) is 59.8 Å². The van der Waals surface area contributed by atoms with E-state index in [1.54, 1.807) is 30.3 Å². The highest BCUT2D eigenvalue weighted by Crippen LogP contribution is 2.38. The second kappa shape index (κ2) is 7.96. The SMILES string of the molecule is Cc1nc2ccc(N3CCC(N(C)C)C3)cc2c(-c2ccccc2)c1C(=O)C(F)(F)F. The molecule has 4 rings (SSSR count). The van der Waals surface area contributed by atoms with Gasteiger partial charge >= 0.3 is 6.18 Å². The number of nitrogens with zero attached hydrogens (tertiary/aromatic N) is 3. The van der Waals surface area contributed by atoms with Gasteiger partial charge in [-0.25, -0.2) is 0 Å². The number of pyridine rings is 1. The van der Waals surface area contributed by atoms with E-state index < -0.39 is 12.0 Å². The van der Waals surface area contributed by atoms with Gasteiger partial charge in [0.2, 0.25) is 0 Å². The average Bonchev–Trinajstić information content (AvgIpc) is 3.22. The summed E-state index contributed by atoms with van der Waals surface area (Å²) < 4.78 is 40.4. The number of anilines is 1. The summed E-state index contributed by atoms with van der Waals surface area (Å²) in [7, 11) is 4.09. The van der Waals surface area contributed by atoms with Crippen LogP contribution in [0.25, 0.3) is 22.0 Å². The molecule has 1 fully saturated rings. The Morgan fingerprint density at radius 1 is 1.13 bits per heavy atom. The van der Waals surface area contributed by atoms with Gasteiger partial charge in [-0.3, -0.25) is 9.78 Å². The van der Waals surface area contributed by atoms with E-state index in [0.717, 1.165) is 25.2 Å². The number of benzene rings is 2. The van der Waals surface area contributed by atoms with Crippen molar-refractivity contribution in [2.45, 2.75) is 25.6 Å². The Balaban J connectivity index is 1.94. The molecule has 0 N–H and O–H groups in total. The van der Waals surface area contributed by atoms with Gasteiger partial charge in [-0.05, 0) is 51.2 Å². The molecular formula is C24H24F3N3O. The number of likely N-dealkylation sites (N-methyl/N-ethyl adjacent to an activating group) is 1. The van der Waals surface area contributed by atoms with Crippen LogP contribution in [0.15, 0.2) is 48.5 Å². The van der Waals surface area contributed by atoms with Crippen LogP contribution in [0.4, 0.5) is 18.9 Å². The minimum absolute atomic E-state index is 0.0790. The first-order valence-electron chi connectivity index (χ1n) is 10.2. The fourth-order valence-electron chi connectivity index (χ4n) is 4.29. The van der Waals surface area contributed by atoms with Gasteiger partial charge in [-0.15, -0.1) is 0 Å². The number of Topliss-reactive ketones (excluding diaryl/α,β-unsaturated/α-hetero) is 1. The number of aromatic nitrogens is 1. The van der Waals surface area contributed by atoms with Crippen molar-refractivity contribution in [2.75, 3.05) is 32.1 Å². The van der Waals surface area contributed by atoms with Crippen LogP contribution in [0.3, 0.4) is 0 Å². The highest BCUT2D eigenvalue weighted by molar-refractivity contribution is 6.13. The predicted molar refractivity (Wildman–Crippen MR) is 117 cm³/mol. The van der Waals surface area contributed by atoms with Crippen LogP contribution in [0.1, 0.15) is 22.5 Å². The maximum Gasteiger partial charge on any atom is 0.454 e. The van der Waals surface area contributed by atoms with Crippen molar-refractivity contribution < 1.29 is 18.0 Å². The first kappa shape index (κ1) is 21.3. The number of carbonyl (C=O) groups is 1. The van der Waals surface area contributed by atoms with Gasteiger partial charge < -0.3 is 9.80 Å². The Hall–Kier alpha value is -2.93. The third-order valence-electron chi connectivity index (χ3n) is 5.96. The molecule has 1 aliphatic rings. The van der Waals surface area contributed by atoms with Crippen LogP contribution in [0, 0.1) is 6.92 Å². The topological polar surface area (TPSA) is 36.4 Å². The summed E-state index contributed by atoms with van der Waals surface area (Å²) >= 11 is 0. The number of alkyl halides is 3. The van der Waals surface area contributed by atoms with E-state index in [1.807, 2.05) is 32.3 Å². The van der Waals surface area contributed by atoms with Crippen LogP contribution in [-0.2, 0) is 0 Å². The van der Waals surface area contributed by atoms with Crippen LogP contribution in [-0.4, -0.2) is 55.1 Å². The lowest BCUT2D eigenvalue weighted by molar-refractivity contribution is -0.0885. The third kappa shape index (κ3) is 4.02. The van der Waals surface area contributed by atoms with Crippen LogP contribution in [0.2, 0.25) is 0 Å². The highest BCUT2D eigenvalue weighted by Gasteiger charge is 2.42. The summed E-state index contributed by atoms with van der Waals surface area (Å²) in [6, 6.07) is 14.8. The van der Waals surface area contributed by atoms with Gasteiger partial charge in [-0.1, -0.05) is 30.3 Å². The Labute approximate surface area is 179 Å². The lowest BCUT2D eigenvalue weighted by Gasteiger charge is -2.23. The molecule has 162 valence electrons. The molecule has 0 radical (unpaired) electrons. The zero-order chi connectivity index (χ0) is 22.3. The van der Waals surface area contributed by atoms with E-state index in [2.05, 4.69) is 14.8 Å². The standard InChI is InChI=1S/C24H24F3N3O/c1-15-21(23(31)24(25,26)27)22(16-7-5-4-6-8-16)19-13-17(9-10-20(19)28-15)30-12-11-18(14-30)29(2)3/h4-10,13,18H,11-12,14H2,1-3H3. The molecule has 0 bridgehead atoms. The maximum absolute atomic E-state index is 13.5. The van der Waals surface area contributed by atoms with E-state index in [0.29, 0.717) is 22.5 Å². The van der Waals surface area contributed by atoms with E-state index in [4.69, 9.17) is 0 Å². The molecule has 1 aromatic heterocycles. The van der Waals surface area contributed by atoms with Crippen LogP contribution < -0.4 is 4.90 Å². The van der Waals surface area contributed by atoms with Gasteiger partial charge in [-0.2, -0.15) is 13.2 Å². The normalized spacial score (nSPS) is 17.0. The van der Waals surface area contributed by atoms with Crippen molar-refractivity contribution in [2.24, 2.45) is 0 Å². The van der Waals surface area contributed by atoms with Crippen LogP contribution >= 0.6 is 0 Å². The molecule has 0 aliphatic carbocycles. The predicted octanol–water partition coefficient (Wildman–Crippen LogP) is 5.10. The van der Waals surface area contributed by atoms with Gasteiger partial charge in [0.1, 0.15) is 0 Å². The molecule has 0 saturated carbocycles. The lowest BCUT2D eigenvalue weighted by atomic mass is 9.91. The molecule has 1 aliphatic heterocycles. The minimum Gasteiger partial charge on any atom is -0.370 e. The van der Waals surface area contributed by atoms with Crippen molar-refractivity contribution in [1.29, 1.82) is 0 Å². The summed E-state index contributed by atoms with van der Waals surface area (Å²) in [5, 5.41) is 0.551. The highest BCUT2D eigenvalue weighted by atomic mass is 19.4. The molecule has 2 heterocycles. The summed E-state index contributed by atoms with van der Waals surface area (Å²) in [5.41, 5.74) is 2.05. The Bertz CT molecular complexity index is 1130. The minimum atomic E-state index is -4.98. The number of carbonyl (C=O) groups excluding carboxylic acids is 1. The maximum atomic E-state index is 13.5. The van der Waals surface area contributed by atoms with Crippen molar-refractivity contribution in [1.82, 2.24) is 9.88 Å². The summed E-state index contributed by atoms with van der Waals surface area (Å²) in [4.78, 5) is 21.2. The number of ketones is 1. The van der Waals surface area contributed by atoms with Gasteiger partial charge in [0.15, 0.2) is 0 Å². The third-order valence-corrected chi connectivity index (χ3v) is 5.96. The molecule has 1 unspecified atom stereocenters. The smallest absolute Gasteiger partial charge is 0.370 e. The Kier molecular flexibility index (Phi) is 5.47. The fourth-order valence-corrected chi connectivity index (χ4v) is 4.29. The molecule has 1 saturated heterocycles. The second-order valence-corrected chi connectivity index (χ2v) is 8.19. The molecule has 4 nitrogen and oxygen atoms in total. The number of hydrogen-bond donors (Lipinski definition) is 0. The molecule has 2 aromatic carbocycles. The van der Waals surface area contributed by atoms with E-state index in [-0.39, 0.29) is 16.8 Å².